The van der Waals surface area contributed by atoms with Crippen molar-refractivity contribution in [2.24, 2.45) is 5.73 Å². The third-order valence-corrected chi connectivity index (χ3v) is 6.27. The molecule has 5 N–H and O–H groups in total. The minimum atomic E-state index is -0.795. The first-order valence-corrected chi connectivity index (χ1v) is 10.8. The summed E-state index contributed by atoms with van der Waals surface area (Å²) in [4.78, 5) is 40.0. The second kappa shape index (κ2) is 9.69. The minimum absolute atomic E-state index is 0.00389. The van der Waals surface area contributed by atoms with E-state index in [2.05, 4.69) is 14.6 Å². The van der Waals surface area contributed by atoms with Gasteiger partial charge in [-0.05, 0) is 38.3 Å². The van der Waals surface area contributed by atoms with Gasteiger partial charge in [0.1, 0.15) is 10.9 Å². The largest absolute Gasteiger partial charge is 0.395 e. The molecule has 0 spiro atoms. The highest BCUT2D eigenvalue weighted by atomic mass is 32.1. The first-order valence-electron chi connectivity index (χ1n) is 10.0. The van der Waals surface area contributed by atoms with Gasteiger partial charge in [0.15, 0.2) is 5.69 Å². The molecule has 2 unspecified atom stereocenters. The van der Waals surface area contributed by atoms with Crippen molar-refractivity contribution >= 4 is 34.9 Å². The Labute approximate surface area is 179 Å². The van der Waals surface area contributed by atoms with Crippen LogP contribution in [-0.4, -0.2) is 95.5 Å². The highest BCUT2D eigenvalue weighted by Gasteiger charge is 2.36. The van der Waals surface area contributed by atoms with Gasteiger partial charge in [0.25, 0.3) is 11.8 Å². The number of nitrogens with zero attached hydrogens (tertiary/aromatic N) is 4. The fourth-order valence-electron chi connectivity index (χ4n) is 3.57. The topological polar surface area (TPSA) is 147 Å². The van der Waals surface area contributed by atoms with Crippen molar-refractivity contribution in [3.05, 3.63) is 10.6 Å². The fraction of sp³-hybridized carbons (Fsp3) is 0.667. The summed E-state index contributed by atoms with van der Waals surface area (Å²) >= 11 is 0.813. The Morgan fingerprint density at radius 3 is 2.60 bits per heavy atom. The molecule has 12 heteroatoms. The lowest BCUT2D eigenvalue weighted by Crippen LogP contribution is -2.60. The summed E-state index contributed by atoms with van der Waals surface area (Å²) in [6.45, 7) is 5.43. The number of nitrogens with two attached hydrogens (primary N) is 2. The van der Waals surface area contributed by atoms with Crippen LogP contribution in [-0.2, 0) is 9.53 Å². The molecule has 1 aromatic heterocycles. The van der Waals surface area contributed by atoms with Crippen molar-refractivity contribution in [2.75, 3.05) is 52.1 Å². The molecule has 2 saturated heterocycles. The summed E-state index contributed by atoms with van der Waals surface area (Å²) < 4.78 is 9.47. The van der Waals surface area contributed by atoms with E-state index in [1.807, 2.05) is 12.1 Å². The SMILES string of the molecule is CC(C(=O)NCC1CCCO1)N(C(=O)c1snc(C(N)=O)c1N)N1CCN(C)CC1. The third kappa shape index (κ3) is 4.89. The molecule has 2 aliphatic heterocycles. The summed E-state index contributed by atoms with van der Waals surface area (Å²) in [6.07, 6.45) is 1.89. The lowest BCUT2D eigenvalue weighted by atomic mass is 10.2. The van der Waals surface area contributed by atoms with E-state index in [-0.39, 0.29) is 28.3 Å². The summed E-state index contributed by atoms with van der Waals surface area (Å²) in [7, 11) is 2.00. The molecule has 2 atom stereocenters. The van der Waals surface area contributed by atoms with Crippen LogP contribution in [0.1, 0.15) is 39.9 Å². The van der Waals surface area contributed by atoms with Crippen LogP contribution < -0.4 is 16.8 Å². The maximum absolute atomic E-state index is 13.4. The highest BCUT2D eigenvalue weighted by molar-refractivity contribution is 7.09. The Bertz CT molecular complexity index is 787. The second-order valence-corrected chi connectivity index (χ2v) is 8.37. The molecule has 0 radical (unpaired) electrons. The maximum Gasteiger partial charge on any atom is 0.282 e. The Morgan fingerprint density at radius 2 is 2.03 bits per heavy atom. The Morgan fingerprint density at radius 1 is 1.33 bits per heavy atom. The number of nitrogen functional groups attached to an aromatic ring is 1. The lowest BCUT2D eigenvalue weighted by Gasteiger charge is -2.42. The van der Waals surface area contributed by atoms with Crippen LogP contribution in [0.25, 0.3) is 0 Å². The van der Waals surface area contributed by atoms with Gasteiger partial charge in [0.2, 0.25) is 5.91 Å². The quantitative estimate of drug-likeness (QED) is 0.496. The first kappa shape index (κ1) is 22.4. The smallest absolute Gasteiger partial charge is 0.282 e. The van der Waals surface area contributed by atoms with Gasteiger partial charge in [-0.1, -0.05) is 0 Å². The van der Waals surface area contributed by atoms with Crippen LogP contribution >= 0.6 is 11.5 Å². The van der Waals surface area contributed by atoms with Gasteiger partial charge in [-0.15, -0.1) is 0 Å². The Hall–Kier alpha value is -2.28. The monoisotopic (exact) mass is 439 g/mol. The first-order chi connectivity index (χ1) is 14.3. The number of anilines is 1. The number of ether oxygens (including phenoxy) is 1. The predicted molar refractivity (Wildman–Crippen MR) is 112 cm³/mol. The van der Waals surface area contributed by atoms with Crippen molar-refractivity contribution in [1.82, 2.24) is 24.6 Å². The number of hydrogen-bond donors (Lipinski definition) is 3. The van der Waals surface area contributed by atoms with Gasteiger partial charge in [0.05, 0.1) is 11.8 Å². The number of primary amides is 1. The number of nitrogens with one attached hydrogen (secondary N) is 1. The molecular weight excluding hydrogens is 410 g/mol. The molecule has 166 valence electrons. The number of aromatic nitrogens is 1. The van der Waals surface area contributed by atoms with E-state index in [9.17, 15) is 14.4 Å². The Kier molecular flexibility index (Phi) is 7.23. The number of amides is 3. The van der Waals surface area contributed by atoms with E-state index in [4.69, 9.17) is 16.2 Å². The van der Waals surface area contributed by atoms with Crippen molar-refractivity contribution in [3.63, 3.8) is 0 Å². The van der Waals surface area contributed by atoms with E-state index in [1.54, 1.807) is 6.92 Å². The lowest BCUT2D eigenvalue weighted by molar-refractivity contribution is -0.133. The van der Waals surface area contributed by atoms with Crippen LogP contribution in [0.15, 0.2) is 0 Å². The molecule has 0 aromatic carbocycles. The van der Waals surface area contributed by atoms with Gasteiger partial charge >= 0.3 is 0 Å². The van der Waals surface area contributed by atoms with Crippen molar-refractivity contribution in [1.29, 1.82) is 0 Å². The van der Waals surface area contributed by atoms with Crippen LogP contribution in [0.5, 0.6) is 0 Å². The van der Waals surface area contributed by atoms with Crippen molar-refractivity contribution in [2.45, 2.75) is 31.9 Å². The maximum atomic E-state index is 13.4. The number of likely N-dealkylation sites (N-methyl/N-ethyl adjacent to an activating group) is 1. The molecular formula is C18H29N7O4S. The number of carbonyl (C=O) groups is 3. The molecule has 2 aliphatic rings. The zero-order valence-corrected chi connectivity index (χ0v) is 18.1. The molecule has 3 amide bonds. The zero-order chi connectivity index (χ0) is 21.8. The van der Waals surface area contributed by atoms with Crippen LogP contribution in [0, 0.1) is 0 Å². The average molecular weight is 440 g/mol. The van der Waals surface area contributed by atoms with E-state index >= 15 is 0 Å². The molecule has 3 rings (SSSR count). The molecule has 3 heterocycles. The van der Waals surface area contributed by atoms with Crippen LogP contribution in [0.3, 0.4) is 0 Å². The third-order valence-electron chi connectivity index (χ3n) is 5.42. The van der Waals surface area contributed by atoms with Gasteiger partial charge in [-0.3, -0.25) is 19.4 Å². The molecule has 2 fully saturated rings. The molecule has 0 bridgehead atoms. The number of rotatable bonds is 7. The fourth-order valence-corrected chi connectivity index (χ4v) is 4.31. The standard InChI is InChI=1S/C18H29N7O4S/c1-11(17(27)21-10-12-4-3-9-29-12)25(24-7-5-23(2)6-8-24)18(28)15-13(19)14(16(20)26)22-30-15/h11-12H,3-10,19H2,1-2H3,(H2,20,26)(H,21,27). The molecule has 30 heavy (non-hydrogen) atoms. The summed E-state index contributed by atoms with van der Waals surface area (Å²) in [6, 6.07) is -0.777. The number of piperazine rings is 1. The summed E-state index contributed by atoms with van der Waals surface area (Å²) in [5.74, 6) is -1.55. The van der Waals surface area contributed by atoms with E-state index in [0.717, 1.165) is 37.5 Å². The summed E-state index contributed by atoms with van der Waals surface area (Å²) in [5, 5.41) is 6.16. The predicted octanol–water partition coefficient (Wildman–Crippen LogP) is -0.887. The normalized spacial score (nSPS) is 21.3. The van der Waals surface area contributed by atoms with E-state index in [0.29, 0.717) is 26.2 Å². The molecule has 11 nitrogen and oxygen atoms in total. The van der Waals surface area contributed by atoms with Gasteiger partial charge in [-0.2, -0.15) is 4.37 Å². The number of hydrogen-bond acceptors (Lipinski definition) is 9. The highest BCUT2D eigenvalue weighted by Crippen LogP contribution is 2.25. The average Bonchev–Trinajstić information content (AvgIpc) is 3.37. The Balaban J connectivity index is 1.79. The van der Waals surface area contributed by atoms with E-state index < -0.39 is 17.9 Å². The molecule has 0 aliphatic carbocycles. The minimum Gasteiger partial charge on any atom is -0.395 e. The molecule has 0 saturated carbocycles. The zero-order valence-electron chi connectivity index (χ0n) is 17.3. The second-order valence-electron chi connectivity index (χ2n) is 7.60. The van der Waals surface area contributed by atoms with E-state index in [1.165, 1.54) is 5.01 Å². The van der Waals surface area contributed by atoms with Crippen molar-refractivity contribution < 1.29 is 19.1 Å². The van der Waals surface area contributed by atoms with Crippen LogP contribution in [0.2, 0.25) is 0 Å². The number of carbonyl (C=O) groups excluding carboxylic acids is 3. The number of hydrazine groups is 1. The van der Waals surface area contributed by atoms with Crippen LogP contribution in [0.4, 0.5) is 5.69 Å². The van der Waals surface area contributed by atoms with Gasteiger partial charge in [0, 0.05) is 39.3 Å². The summed E-state index contributed by atoms with van der Waals surface area (Å²) in [5.41, 5.74) is 11.1. The molecule has 1 aromatic rings. The van der Waals surface area contributed by atoms with Gasteiger partial charge in [-0.25, -0.2) is 5.01 Å². The van der Waals surface area contributed by atoms with Crippen molar-refractivity contribution in [3.8, 4) is 0 Å². The van der Waals surface area contributed by atoms with Gasteiger partial charge < -0.3 is 26.4 Å².